The van der Waals surface area contributed by atoms with Gasteiger partial charge in [-0.1, -0.05) is 49.7 Å². The van der Waals surface area contributed by atoms with Gasteiger partial charge in [0.25, 0.3) is 11.7 Å². The van der Waals surface area contributed by atoms with Crippen LogP contribution < -0.4 is 9.47 Å². The summed E-state index contributed by atoms with van der Waals surface area (Å²) in [6.45, 7) is 2.44. The molecule has 1 heterocycles. The first-order valence-electron chi connectivity index (χ1n) is 9.59. The van der Waals surface area contributed by atoms with E-state index in [1.54, 1.807) is 49.6 Å². The summed E-state index contributed by atoms with van der Waals surface area (Å²) in [6, 6.07) is 13.4. The zero-order chi connectivity index (χ0) is 21.0. The standard InChI is InChI=1S/C23H25NO5/c1-4-5-13-24-20(16-11-12-17(28-2)18(14-16)29-3)19(22(26)23(24)27)21(25)15-9-7-6-8-10-15/h6-12,14,20,25H,4-5,13H2,1-3H3/b21-19+. The molecular weight excluding hydrogens is 370 g/mol. The van der Waals surface area contributed by atoms with E-state index in [0.29, 0.717) is 29.2 Å². The van der Waals surface area contributed by atoms with Gasteiger partial charge in [0.05, 0.1) is 25.8 Å². The molecule has 1 N–H and O–H groups in total. The second-order valence-electron chi connectivity index (χ2n) is 6.83. The van der Waals surface area contributed by atoms with Crippen LogP contribution in [0.15, 0.2) is 54.1 Å². The van der Waals surface area contributed by atoms with E-state index in [1.165, 1.54) is 12.0 Å². The number of benzene rings is 2. The highest BCUT2D eigenvalue weighted by Gasteiger charge is 2.45. The predicted octanol–water partition coefficient (Wildman–Crippen LogP) is 3.93. The number of unbranched alkanes of at least 4 members (excludes halogenated alkanes) is 1. The summed E-state index contributed by atoms with van der Waals surface area (Å²) in [5.74, 6) is -0.420. The molecule has 1 unspecified atom stereocenters. The van der Waals surface area contributed by atoms with Crippen molar-refractivity contribution in [3.05, 3.63) is 65.2 Å². The number of carbonyl (C=O) groups excluding carboxylic acids is 2. The van der Waals surface area contributed by atoms with E-state index in [4.69, 9.17) is 9.47 Å². The van der Waals surface area contributed by atoms with Crippen LogP contribution >= 0.6 is 0 Å². The molecule has 1 fully saturated rings. The van der Waals surface area contributed by atoms with Crippen molar-refractivity contribution in [1.82, 2.24) is 4.90 Å². The SMILES string of the molecule is CCCCN1C(=O)C(=O)/C(=C(/O)c2ccccc2)C1c1ccc(OC)c(OC)c1. The number of Topliss-reactive ketones (excluding diaryl/α,β-unsaturated/α-hetero) is 1. The number of rotatable bonds is 7. The summed E-state index contributed by atoms with van der Waals surface area (Å²) >= 11 is 0. The van der Waals surface area contributed by atoms with Gasteiger partial charge < -0.3 is 19.5 Å². The molecule has 1 aliphatic rings. The number of aliphatic hydroxyl groups is 1. The van der Waals surface area contributed by atoms with Crippen LogP contribution in [0.1, 0.15) is 36.9 Å². The molecule has 1 aliphatic heterocycles. The topological polar surface area (TPSA) is 76.1 Å². The Balaban J connectivity index is 2.18. The minimum Gasteiger partial charge on any atom is -0.507 e. The van der Waals surface area contributed by atoms with Crippen LogP contribution in [0.3, 0.4) is 0 Å². The van der Waals surface area contributed by atoms with Crippen molar-refractivity contribution < 1.29 is 24.2 Å². The van der Waals surface area contributed by atoms with Crippen molar-refractivity contribution >= 4 is 17.4 Å². The molecule has 0 aliphatic carbocycles. The Morgan fingerprint density at radius 2 is 1.72 bits per heavy atom. The van der Waals surface area contributed by atoms with Crippen molar-refractivity contribution in [3.63, 3.8) is 0 Å². The highest BCUT2D eigenvalue weighted by atomic mass is 16.5. The van der Waals surface area contributed by atoms with Gasteiger partial charge in [-0.05, 0) is 24.1 Å². The van der Waals surface area contributed by atoms with Crippen molar-refractivity contribution in [1.29, 1.82) is 0 Å². The van der Waals surface area contributed by atoms with Crippen LogP contribution in [-0.2, 0) is 9.59 Å². The summed E-state index contributed by atoms with van der Waals surface area (Å²) < 4.78 is 10.7. The van der Waals surface area contributed by atoms with Gasteiger partial charge in [-0.3, -0.25) is 9.59 Å². The van der Waals surface area contributed by atoms with E-state index in [9.17, 15) is 14.7 Å². The van der Waals surface area contributed by atoms with Gasteiger partial charge >= 0.3 is 0 Å². The van der Waals surface area contributed by atoms with E-state index in [2.05, 4.69) is 0 Å². The number of ether oxygens (including phenoxy) is 2. The molecule has 6 nitrogen and oxygen atoms in total. The second-order valence-corrected chi connectivity index (χ2v) is 6.83. The van der Waals surface area contributed by atoms with E-state index >= 15 is 0 Å². The van der Waals surface area contributed by atoms with Gasteiger partial charge in [0.15, 0.2) is 11.5 Å². The number of likely N-dealkylation sites (tertiary alicyclic amines) is 1. The molecule has 6 heteroatoms. The summed E-state index contributed by atoms with van der Waals surface area (Å²) in [4.78, 5) is 27.2. The monoisotopic (exact) mass is 395 g/mol. The zero-order valence-electron chi connectivity index (χ0n) is 16.8. The van der Waals surface area contributed by atoms with E-state index < -0.39 is 17.7 Å². The molecule has 1 amide bonds. The highest BCUT2D eigenvalue weighted by Crippen LogP contribution is 2.42. The number of nitrogens with zero attached hydrogens (tertiary/aromatic N) is 1. The highest BCUT2D eigenvalue weighted by molar-refractivity contribution is 6.46. The van der Waals surface area contributed by atoms with Gasteiger partial charge in [0.2, 0.25) is 0 Å². The number of hydrogen-bond acceptors (Lipinski definition) is 5. The smallest absolute Gasteiger partial charge is 0.295 e. The van der Waals surface area contributed by atoms with Gasteiger partial charge in [-0.15, -0.1) is 0 Å². The average Bonchev–Trinajstić information content (AvgIpc) is 3.01. The lowest BCUT2D eigenvalue weighted by atomic mass is 9.95. The summed E-state index contributed by atoms with van der Waals surface area (Å²) in [7, 11) is 3.07. The lowest BCUT2D eigenvalue weighted by Crippen LogP contribution is -2.30. The Morgan fingerprint density at radius 1 is 1.03 bits per heavy atom. The number of methoxy groups -OCH3 is 2. The quantitative estimate of drug-likeness (QED) is 0.437. The maximum absolute atomic E-state index is 12.9. The first-order valence-corrected chi connectivity index (χ1v) is 9.59. The molecule has 152 valence electrons. The lowest BCUT2D eigenvalue weighted by Gasteiger charge is -2.25. The van der Waals surface area contributed by atoms with Gasteiger partial charge in [0, 0.05) is 12.1 Å². The third kappa shape index (κ3) is 3.83. The maximum atomic E-state index is 12.9. The Morgan fingerprint density at radius 3 is 2.34 bits per heavy atom. The fraction of sp³-hybridized carbons (Fsp3) is 0.304. The van der Waals surface area contributed by atoms with Crippen LogP contribution in [-0.4, -0.2) is 42.5 Å². The maximum Gasteiger partial charge on any atom is 0.295 e. The minimum atomic E-state index is -0.693. The zero-order valence-corrected chi connectivity index (χ0v) is 16.8. The number of carbonyl (C=O) groups is 2. The van der Waals surface area contributed by atoms with Crippen LogP contribution in [0, 0.1) is 0 Å². The third-order valence-corrected chi connectivity index (χ3v) is 5.06. The number of ketones is 1. The van der Waals surface area contributed by atoms with Crippen LogP contribution in [0.5, 0.6) is 11.5 Å². The Labute approximate surface area is 170 Å². The van der Waals surface area contributed by atoms with Gasteiger partial charge in [0.1, 0.15) is 5.76 Å². The van der Waals surface area contributed by atoms with Gasteiger partial charge in [-0.25, -0.2) is 0 Å². The van der Waals surface area contributed by atoms with Crippen LogP contribution in [0.2, 0.25) is 0 Å². The van der Waals surface area contributed by atoms with Crippen LogP contribution in [0.25, 0.3) is 5.76 Å². The normalized spacial score (nSPS) is 18.2. The summed E-state index contributed by atoms with van der Waals surface area (Å²) in [6.07, 6.45) is 1.63. The minimum absolute atomic E-state index is 0.0875. The summed E-state index contributed by atoms with van der Waals surface area (Å²) in [5, 5.41) is 10.9. The van der Waals surface area contributed by atoms with Gasteiger partial charge in [-0.2, -0.15) is 0 Å². The van der Waals surface area contributed by atoms with Crippen molar-refractivity contribution in [2.45, 2.75) is 25.8 Å². The van der Waals surface area contributed by atoms with Crippen molar-refractivity contribution in [2.75, 3.05) is 20.8 Å². The molecule has 0 radical (unpaired) electrons. The Bertz CT molecular complexity index is 936. The molecule has 3 rings (SSSR count). The molecule has 0 aromatic heterocycles. The molecule has 0 saturated carbocycles. The second kappa shape index (κ2) is 8.82. The van der Waals surface area contributed by atoms with Crippen molar-refractivity contribution in [2.24, 2.45) is 0 Å². The molecule has 2 aromatic rings. The third-order valence-electron chi connectivity index (χ3n) is 5.06. The average molecular weight is 395 g/mol. The number of aliphatic hydroxyl groups excluding tert-OH is 1. The van der Waals surface area contributed by atoms with E-state index in [0.717, 1.165) is 12.8 Å². The number of amides is 1. The Kier molecular flexibility index (Phi) is 6.22. The predicted molar refractivity (Wildman–Crippen MR) is 110 cm³/mol. The fourth-order valence-corrected chi connectivity index (χ4v) is 3.56. The number of hydrogen-bond donors (Lipinski definition) is 1. The first kappa shape index (κ1) is 20.5. The van der Waals surface area contributed by atoms with Crippen molar-refractivity contribution in [3.8, 4) is 11.5 Å². The Hall–Kier alpha value is -3.28. The fourth-order valence-electron chi connectivity index (χ4n) is 3.56. The largest absolute Gasteiger partial charge is 0.507 e. The molecule has 1 atom stereocenters. The summed E-state index contributed by atoms with van der Waals surface area (Å²) in [5.41, 5.74) is 1.26. The molecular formula is C23H25NO5. The molecule has 29 heavy (non-hydrogen) atoms. The van der Waals surface area contributed by atoms with E-state index in [-0.39, 0.29) is 11.3 Å². The molecule has 0 spiro atoms. The molecule has 0 bridgehead atoms. The lowest BCUT2D eigenvalue weighted by molar-refractivity contribution is -0.139. The molecule has 1 saturated heterocycles. The molecule has 2 aromatic carbocycles. The van der Waals surface area contributed by atoms with E-state index in [1.807, 2.05) is 13.0 Å². The first-order chi connectivity index (χ1) is 14.0. The van der Waals surface area contributed by atoms with Crippen LogP contribution in [0.4, 0.5) is 0 Å².